The Morgan fingerprint density at radius 3 is 1.40 bits per heavy atom. The number of nitrogens with zero attached hydrogens (tertiary/aromatic N) is 4. The van der Waals surface area contributed by atoms with Crippen LogP contribution in [0.1, 0.15) is 35.6 Å². The molecule has 0 N–H and O–H groups in total. The molecule has 2 heterocycles. The Balaban J connectivity index is 1.53. The van der Waals surface area contributed by atoms with Gasteiger partial charge >= 0.3 is 0 Å². The summed E-state index contributed by atoms with van der Waals surface area (Å²) < 4.78 is 226. The smallest absolute Gasteiger partial charge is 0.164 e. The molecule has 0 aliphatic carbocycles. The van der Waals surface area contributed by atoms with Crippen molar-refractivity contribution >= 4 is 21.8 Å². The minimum absolute atomic E-state index is 0.548. The normalized spacial score (nSPS) is 19.7. The topological polar surface area (TPSA) is 43.6 Å². The van der Waals surface area contributed by atoms with E-state index in [1.807, 2.05) is 0 Å². The monoisotopic (exact) mass is 576 g/mol. The lowest BCUT2D eigenvalue weighted by Crippen LogP contribution is -2.00. The first-order chi connectivity index (χ1) is 32.1. The molecular weight excluding hydrogens is 524 g/mol. The van der Waals surface area contributed by atoms with Gasteiger partial charge in [0.05, 0.1) is 46.7 Å². The van der Waals surface area contributed by atoms with E-state index in [2.05, 4.69) is 15.0 Å². The van der Waals surface area contributed by atoms with Crippen LogP contribution in [-0.2, 0) is 0 Å². The van der Waals surface area contributed by atoms with Gasteiger partial charge in [-0.15, -0.1) is 0 Å². The molecule has 0 atom stereocenters. The number of hydrogen-bond acceptors (Lipinski definition) is 3. The predicted molar refractivity (Wildman–Crippen MR) is 176 cm³/mol. The molecule has 4 heteroatoms. The highest BCUT2D eigenvalue weighted by atomic mass is 15.0. The van der Waals surface area contributed by atoms with Crippen LogP contribution in [-0.4, -0.2) is 19.5 Å². The minimum atomic E-state index is -1.06. The molecule has 43 heavy (non-hydrogen) atoms. The van der Waals surface area contributed by atoms with Gasteiger partial charge in [-0.25, -0.2) is 15.0 Å². The van der Waals surface area contributed by atoms with Crippen LogP contribution in [0.5, 0.6) is 0 Å². The molecule has 0 unspecified atom stereocenters. The van der Waals surface area contributed by atoms with Crippen LogP contribution < -0.4 is 0 Å². The second-order valence-corrected chi connectivity index (χ2v) is 8.56. The molecule has 202 valence electrons. The van der Waals surface area contributed by atoms with E-state index < -0.39 is 230 Å². The summed E-state index contributed by atoms with van der Waals surface area (Å²) in [6.45, 7) is 0. The lowest BCUT2D eigenvalue weighted by atomic mass is 10.0. The maximum atomic E-state index is 9.39. The Labute approximate surface area is 286 Å². The number of hydrogen-bond donors (Lipinski definition) is 0. The van der Waals surface area contributed by atoms with Gasteiger partial charge in [0.2, 0.25) is 0 Å². The van der Waals surface area contributed by atoms with Crippen molar-refractivity contribution < 1.29 is 35.6 Å². The Morgan fingerprint density at radius 2 is 0.814 bits per heavy atom. The highest BCUT2D eigenvalue weighted by Gasteiger charge is 2.15. The molecule has 0 radical (unpaired) electrons. The average Bonchev–Trinajstić information content (AvgIpc) is 3.67. The molecule has 0 bridgehead atoms. The summed E-state index contributed by atoms with van der Waals surface area (Å²) >= 11 is 0. The molecule has 0 fully saturated rings. The zero-order chi connectivity index (χ0) is 51.2. The molecule has 6 aromatic carbocycles. The fourth-order valence-corrected chi connectivity index (χ4v) is 4.20. The van der Waals surface area contributed by atoms with Crippen molar-refractivity contribution in [2.75, 3.05) is 0 Å². The van der Waals surface area contributed by atoms with E-state index in [-0.39, 0.29) is 0 Å². The van der Waals surface area contributed by atoms with Crippen LogP contribution in [0.25, 0.3) is 72.8 Å². The third-order valence-electron chi connectivity index (χ3n) is 6.05. The van der Waals surface area contributed by atoms with Crippen LogP contribution in [0.4, 0.5) is 0 Å². The van der Waals surface area contributed by atoms with Crippen LogP contribution in [0.3, 0.4) is 0 Å². The maximum absolute atomic E-state index is 9.39. The van der Waals surface area contributed by atoms with Gasteiger partial charge in [0.25, 0.3) is 0 Å². The van der Waals surface area contributed by atoms with Crippen LogP contribution in [0, 0.1) is 0 Å². The summed E-state index contributed by atoms with van der Waals surface area (Å²) in [7, 11) is 0. The zero-order valence-corrected chi connectivity index (χ0v) is 21.3. The van der Waals surface area contributed by atoms with Crippen molar-refractivity contribution in [2.24, 2.45) is 0 Å². The molecule has 0 aliphatic heterocycles. The van der Waals surface area contributed by atoms with Crippen molar-refractivity contribution in [2.45, 2.75) is 0 Å². The van der Waals surface area contributed by atoms with E-state index in [0.29, 0.717) is 4.57 Å². The molecule has 8 aromatic rings. The molecule has 8 rings (SSSR count). The van der Waals surface area contributed by atoms with Crippen molar-refractivity contribution in [1.29, 1.82) is 0 Å². The Kier molecular flexibility index (Phi) is 2.41. The van der Waals surface area contributed by atoms with E-state index in [0.717, 1.165) is 0 Å². The number of aromatic nitrogens is 4. The van der Waals surface area contributed by atoms with Gasteiger partial charge < -0.3 is 4.57 Å². The SMILES string of the molecule is [2H]c1c([2H])c([2H])c(-c2nc(-c3c([2H])c([2H])c([2H])c([2H])c3[2H])nc(-c3c([2H])c([2H])c(-n4c5c([2H])c([2H])c([2H])c([2H])c5c5c([2H])c(-c6c([2H])c([2H])c([2H])c([2H])c6[2H])c([2H])c([2H])c54)c([2H])c3[2H])n2)c([2H])c1[2H]. The molecule has 0 aliphatic rings. The first-order valence-electron chi connectivity index (χ1n) is 25.3. The highest BCUT2D eigenvalue weighted by Crippen LogP contribution is 2.35. The molecule has 4 nitrogen and oxygen atoms in total. The molecule has 2 aromatic heterocycles. The third-order valence-corrected chi connectivity index (χ3v) is 6.05. The van der Waals surface area contributed by atoms with Crippen molar-refractivity contribution in [3.8, 4) is 51.0 Å². The summed E-state index contributed by atoms with van der Waals surface area (Å²) in [4.78, 5) is 12.5. The fourth-order valence-electron chi connectivity index (χ4n) is 4.20. The van der Waals surface area contributed by atoms with Gasteiger partial charge in [-0.05, 0) is 53.4 Å². The van der Waals surface area contributed by atoms with Gasteiger partial charge in [0.1, 0.15) is 0 Å². The minimum Gasteiger partial charge on any atom is -0.309 e. The van der Waals surface area contributed by atoms with Gasteiger partial charge in [-0.2, -0.15) is 0 Å². The summed E-state index contributed by atoms with van der Waals surface area (Å²) in [5.41, 5.74) is -5.73. The van der Waals surface area contributed by atoms with Gasteiger partial charge in [-0.1, -0.05) is 115 Å². The molecule has 0 saturated heterocycles. The lowest BCUT2D eigenvalue weighted by Gasteiger charge is -2.11. The molecule has 0 spiro atoms. The standard InChI is InChI=1S/C39H26N4/c1-4-12-27(13-5-1)31-22-25-36-34(26-31)33-18-10-11-19-35(33)43(36)32-23-20-30(21-24-32)39-41-37(28-14-6-2-7-15-28)40-38(42-39)29-16-8-3-9-17-29/h1-26H/i1D,2D,3D,4D,5D,6D,7D,8D,9D,10D,11D,12D,13D,14D,15D,16D,17D,18D,19D,20D,21D,22D,23D,24D,25D,26D. The third kappa shape index (κ3) is 4.55. The summed E-state index contributed by atoms with van der Waals surface area (Å²) in [5.74, 6) is -2.44. The van der Waals surface area contributed by atoms with E-state index in [9.17, 15) is 8.22 Å². The number of para-hydroxylation sites is 1. The van der Waals surface area contributed by atoms with Crippen molar-refractivity contribution in [3.63, 3.8) is 0 Å². The summed E-state index contributed by atoms with van der Waals surface area (Å²) in [5, 5.41) is -1.11. The van der Waals surface area contributed by atoms with E-state index >= 15 is 0 Å². The number of rotatable bonds is 5. The first-order valence-corrected chi connectivity index (χ1v) is 12.3. The number of fused-ring (bicyclic) bond motifs is 3. The van der Waals surface area contributed by atoms with Crippen molar-refractivity contribution in [3.05, 3.63) is 157 Å². The Hall–Kier alpha value is -5.87. The Bertz CT molecular complexity index is 3500. The molecular formula is C39H26N4. The van der Waals surface area contributed by atoms with Gasteiger partial charge in [0.15, 0.2) is 17.5 Å². The second-order valence-electron chi connectivity index (χ2n) is 8.56. The highest BCUT2D eigenvalue weighted by molar-refractivity contribution is 6.10. The van der Waals surface area contributed by atoms with Gasteiger partial charge in [-0.3, -0.25) is 0 Å². The van der Waals surface area contributed by atoms with Crippen LogP contribution in [0.15, 0.2) is 157 Å². The van der Waals surface area contributed by atoms with Gasteiger partial charge in [0, 0.05) is 33.2 Å². The number of benzene rings is 6. The van der Waals surface area contributed by atoms with Crippen molar-refractivity contribution in [1.82, 2.24) is 19.5 Å². The molecule has 0 saturated carbocycles. The maximum Gasteiger partial charge on any atom is 0.164 e. The van der Waals surface area contributed by atoms with Crippen LogP contribution >= 0.6 is 0 Å². The fraction of sp³-hybridized carbons (Fsp3) is 0. The first kappa shape index (κ1) is 9.85. The molecule has 0 amide bonds. The Morgan fingerprint density at radius 1 is 0.372 bits per heavy atom. The quantitative estimate of drug-likeness (QED) is 0.205. The predicted octanol–water partition coefficient (Wildman–Crippen LogP) is 9.64. The lowest BCUT2D eigenvalue weighted by molar-refractivity contribution is 1.07. The summed E-state index contributed by atoms with van der Waals surface area (Å²) in [6, 6.07) is -23.4. The second kappa shape index (κ2) is 10.5. The van der Waals surface area contributed by atoms with E-state index in [1.165, 1.54) is 0 Å². The van der Waals surface area contributed by atoms with E-state index in [4.69, 9.17) is 27.4 Å². The summed E-state index contributed by atoms with van der Waals surface area (Å²) in [6.07, 6.45) is 0. The average molecular weight is 577 g/mol. The van der Waals surface area contributed by atoms with Crippen LogP contribution in [0.2, 0.25) is 0 Å². The van der Waals surface area contributed by atoms with E-state index in [1.54, 1.807) is 0 Å². The zero-order valence-electron chi connectivity index (χ0n) is 47.3. The largest absolute Gasteiger partial charge is 0.309 e.